The highest BCUT2D eigenvalue weighted by atomic mass is 79.9. The van der Waals surface area contributed by atoms with Gasteiger partial charge in [-0.05, 0) is 70.0 Å². The average molecular weight is 527 g/mol. The number of rotatable bonds is 9. The van der Waals surface area contributed by atoms with E-state index in [4.69, 9.17) is 21.7 Å². The van der Waals surface area contributed by atoms with Crippen LogP contribution in [0.2, 0.25) is 0 Å². The van der Waals surface area contributed by atoms with Crippen LogP contribution in [0.5, 0.6) is 11.5 Å². The molecule has 0 aliphatic rings. The zero-order valence-electron chi connectivity index (χ0n) is 18.6. The summed E-state index contributed by atoms with van der Waals surface area (Å²) in [5, 5.41) is 5.94. The Balaban J connectivity index is 1.51. The lowest BCUT2D eigenvalue weighted by atomic mass is 10.2. The molecule has 0 bridgehead atoms. The van der Waals surface area contributed by atoms with Crippen LogP contribution in [0, 0.1) is 5.92 Å². The van der Waals surface area contributed by atoms with Gasteiger partial charge < -0.3 is 14.8 Å². The molecule has 33 heavy (non-hydrogen) atoms. The van der Waals surface area contributed by atoms with Gasteiger partial charge in [0.25, 0.3) is 5.91 Å². The molecule has 0 unspecified atom stereocenters. The number of benzene rings is 3. The minimum atomic E-state index is -0.307. The summed E-state index contributed by atoms with van der Waals surface area (Å²) >= 11 is 8.78. The highest BCUT2D eigenvalue weighted by molar-refractivity contribution is 9.10. The van der Waals surface area contributed by atoms with E-state index in [0.717, 1.165) is 22.3 Å². The van der Waals surface area contributed by atoms with Crippen LogP contribution in [0.1, 0.15) is 29.8 Å². The van der Waals surface area contributed by atoms with E-state index < -0.39 is 0 Å². The quantitative estimate of drug-likeness (QED) is 0.323. The SMILES string of the molecule is CC(C)COc1ccc(C(=O)NC(=S)Nc2cccc(OCCc3ccccc3)c2)cc1Br. The number of nitrogens with one attached hydrogen (secondary N) is 2. The Morgan fingerprint density at radius 3 is 2.52 bits per heavy atom. The molecule has 7 heteroatoms. The van der Waals surface area contributed by atoms with E-state index in [9.17, 15) is 4.79 Å². The highest BCUT2D eigenvalue weighted by Crippen LogP contribution is 2.26. The summed E-state index contributed by atoms with van der Waals surface area (Å²) in [4.78, 5) is 12.6. The number of thiocarbonyl (C=S) groups is 1. The smallest absolute Gasteiger partial charge is 0.257 e. The Hall–Kier alpha value is -2.90. The summed E-state index contributed by atoms with van der Waals surface area (Å²) in [6, 6.07) is 22.8. The van der Waals surface area contributed by atoms with Crippen LogP contribution >= 0.6 is 28.1 Å². The maximum atomic E-state index is 12.6. The topological polar surface area (TPSA) is 59.6 Å². The van der Waals surface area contributed by atoms with E-state index in [-0.39, 0.29) is 11.0 Å². The van der Waals surface area contributed by atoms with Crippen molar-refractivity contribution >= 4 is 44.9 Å². The van der Waals surface area contributed by atoms with Crippen molar-refractivity contribution in [2.45, 2.75) is 20.3 Å². The Morgan fingerprint density at radius 2 is 1.79 bits per heavy atom. The van der Waals surface area contributed by atoms with E-state index in [1.54, 1.807) is 18.2 Å². The monoisotopic (exact) mass is 526 g/mol. The first-order valence-corrected chi connectivity index (χ1v) is 11.9. The second kappa shape index (κ2) is 12.4. The lowest BCUT2D eigenvalue weighted by molar-refractivity contribution is 0.0977. The summed E-state index contributed by atoms with van der Waals surface area (Å²) < 4.78 is 12.3. The molecule has 0 saturated heterocycles. The molecule has 0 aliphatic heterocycles. The Labute approximate surface area is 208 Å². The second-order valence-electron chi connectivity index (χ2n) is 7.87. The van der Waals surface area contributed by atoms with Crippen molar-refractivity contribution in [3.63, 3.8) is 0 Å². The number of hydrogen-bond acceptors (Lipinski definition) is 4. The number of halogens is 1. The molecule has 0 radical (unpaired) electrons. The van der Waals surface area contributed by atoms with E-state index in [2.05, 4.69) is 52.5 Å². The molecule has 5 nitrogen and oxygen atoms in total. The molecule has 0 saturated carbocycles. The van der Waals surface area contributed by atoms with Crippen molar-refractivity contribution < 1.29 is 14.3 Å². The van der Waals surface area contributed by atoms with Gasteiger partial charge in [-0.2, -0.15) is 0 Å². The zero-order chi connectivity index (χ0) is 23.6. The van der Waals surface area contributed by atoms with Crippen molar-refractivity contribution in [2.75, 3.05) is 18.5 Å². The van der Waals surface area contributed by atoms with Crippen LogP contribution in [0.4, 0.5) is 5.69 Å². The lowest BCUT2D eigenvalue weighted by Gasteiger charge is -2.13. The third-order valence-corrected chi connectivity index (χ3v) is 5.41. The van der Waals surface area contributed by atoms with Crippen molar-refractivity contribution in [3.05, 3.63) is 88.4 Å². The highest BCUT2D eigenvalue weighted by Gasteiger charge is 2.12. The fourth-order valence-corrected chi connectivity index (χ4v) is 3.65. The molecule has 2 N–H and O–H groups in total. The van der Waals surface area contributed by atoms with Gasteiger partial charge in [-0.25, -0.2) is 0 Å². The van der Waals surface area contributed by atoms with Gasteiger partial charge in [0, 0.05) is 23.7 Å². The normalized spacial score (nSPS) is 10.5. The van der Waals surface area contributed by atoms with Crippen LogP contribution in [-0.4, -0.2) is 24.2 Å². The van der Waals surface area contributed by atoms with Crippen LogP contribution in [0.3, 0.4) is 0 Å². The fourth-order valence-electron chi connectivity index (χ4n) is 2.95. The summed E-state index contributed by atoms with van der Waals surface area (Å²) in [5.74, 6) is 1.53. The third-order valence-electron chi connectivity index (χ3n) is 4.59. The minimum absolute atomic E-state index is 0.206. The predicted molar refractivity (Wildman–Crippen MR) is 140 cm³/mol. The van der Waals surface area contributed by atoms with Crippen molar-refractivity contribution in [2.24, 2.45) is 5.92 Å². The largest absolute Gasteiger partial charge is 0.493 e. The summed E-state index contributed by atoms with van der Waals surface area (Å²) in [6.07, 6.45) is 0.823. The Morgan fingerprint density at radius 1 is 1.00 bits per heavy atom. The third kappa shape index (κ3) is 8.18. The van der Waals surface area contributed by atoms with Gasteiger partial charge in [0.1, 0.15) is 11.5 Å². The number of amides is 1. The molecular formula is C26H27BrN2O3S. The first-order valence-electron chi connectivity index (χ1n) is 10.7. The predicted octanol–water partition coefficient (Wildman–Crippen LogP) is 6.23. The molecule has 0 aromatic heterocycles. The van der Waals surface area contributed by atoms with Gasteiger partial charge in [0.2, 0.25) is 0 Å². The minimum Gasteiger partial charge on any atom is -0.493 e. The van der Waals surface area contributed by atoms with Crippen molar-refractivity contribution in [3.8, 4) is 11.5 Å². The average Bonchev–Trinajstić information content (AvgIpc) is 2.79. The zero-order valence-corrected chi connectivity index (χ0v) is 21.0. The maximum Gasteiger partial charge on any atom is 0.257 e. The molecule has 0 spiro atoms. The van der Waals surface area contributed by atoms with E-state index in [1.165, 1.54) is 5.56 Å². The standard InChI is InChI=1S/C26H27BrN2O3S/c1-18(2)17-32-24-12-11-20(15-23(24)27)25(30)29-26(33)28-21-9-6-10-22(16-21)31-14-13-19-7-4-3-5-8-19/h3-12,15-16,18H,13-14,17H2,1-2H3,(H2,28,29,30,33). The summed E-state index contributed by atoms with van der Waals surface area (Å²) in [5.41, 5.74) is 2.43. The Bertz CT molecular complexity index is 1090. The van der Waals surface area contributed by atoms with Gasteiger partial charge in [-0.3, -0.25) is 10.1 Å². The van der Waals surface area contributed by atoms with E-state index >= 15 is 0 Å². The second-order valence-corrected chi connectivity index (χ2v) is 9.13. The molecular weight excluding hydrogens is 500 g/mol. The summed E-state index contributed by atoms with van der Waals surface area (Å²) in [7, 11) is 0. The van der Waals surface area contributed by atoms with Gasteiger partial charge in [0.05, 0.1) is 17.7 Å². The van der Waals surface area contributed by atoms with Gasteiger partial charge in [-0.1, -0.05) is 50.2 Å². The molecule has 0 aliphatic carbocycles. The van der Waals surface area contributed by atoms with Crippen molar-refractivity contribution in [1.82, 2.24) is 5.32 Å². The van der Waals surface area contributed by atoms with E-state index in [1.807, 2.05) is 42.5 Å². The molecule has 0 atom stereocenters. The Kier molecular flexibility index (Phi) is 9.27. The maximum absolute atomic E-state index is 12.6. The summed E-state index contributed by atoms with van der Waals surface area (Å²) in [6.45, 7) is 5.33. The molecule has 3 aromatic carbocycles. The molecule has 0 heterocycles. The first-order chi connectivity index (χ1) is 15.9. The molecule has 0 fully saturated rings. The van der Waals surface area contributed by atoms with Gasteiger partial charge >= 0.3 is 0 Å². The van der Waals surface area contributed by atoms with Crippen LogP contribution < -0.4 is 20.1 Å². The molecule has 172 valence electrons. The molecule has 1 amide bonds. The van der Waals surface area contributed by atoms with Gasteiger partial charge in [0.15, 0.2) is 5.11 Å². The van der Waals surface area contributed by atoms with Crippen molar-refractivity contribution in [1.29, 1.82) is 0 Å². The van der Waals surface area contributed by atoms with E-state index in [0.29, 0.717) is 30.4 Å². The number of anilines is 1. The van der Waals surface area contributed by atoms with Gasteiger partial charge in [-0.15, -0.1) is 0 Å². The van der Waals surface area contributed by atoms with Crippen LogP contribution in [0.25, 0.3) is 0 Å². The molecule has 3 rings (SSSR count). The number of hydrogen-bond donors (Lipinski definition) is 2. The number of carbonyl (C=O) groups excluding carboxylic acids is 1. The fraction of sp³-hybridized carbons (Fsp3) is 0.231. The van der Waals surface area contributed by atoms with Crippen LogP contribution in [-0.2, 0) is 6.42 Å². The number of ether oxygens (including phenoxy) is 2. The number of carbonyl (C=O) groups is 1. The molecule has 3 aromatic rings. The van der Waals surface area contributed by atoms with Crippen LogP contribution in [0.15, 0.2) is 77.3 Å². The lowest BCUT2D eigenvalue weighted by Crippen LogP contribution is -2.34. The first kappa shape index (κ1) is 24.7.